The SMILES string of the molecule is CCOC(=O)c1c(NC(=O)C2CC(=O)N(CCc3ccc(F)cc3)C2)sc2c1CCCC2. The topological polar surface area (TPSA) is 75.7 Å². The number of halogens is 1. The summed E-state index contributed by atoms with van der Waals surface area (Å²) in [6.07, 6.45) is 4.56. The molecule has 1 fully saturated rings. The van der Waals surface area contributed by atoms with Crippen molar-refractivity contribution >= 4 is 34.1 Å². The molecule has 1 atom stereocenters. The van der Waals surface area contributed by atoms with Gasteiger partial charge in [-0.05, 0) is 62.3 Å². The third kappa shape index (κ3) is 4.85. The Bertz CT molecular complexity index is 1020. The molecule has 2 amide bonds. The molecule has 1 aliphatic heterocycles. The van der Waals surface area contributed by atoms with Crippen LogP contribution in [-0.2, 0) is 33.6 Å². The number of hydrogen-bond donors (Lipinski definition) is 1. The Morgan fingerprint density at radius 2 is 1.97 bits per heavy atom. The standard InChI is InChI=1S/C24H27FN2O4S/c1-2-31-24(30)21-18-5-3-4-6-19(18)32-23(21)26-22(29)16-13-20(28)27(14-16)12-11-15-7-9-17(25)10-8-15/h7-10,16H,2-6,11-14H2,1H3,(H,26,29). The summed E-state index contributed by atoms with van der Waals surface area (Å²) in [5.74, 6) is -1.47. The summed E-state index contributed by atoms with van der Waals surface area (Å²) in [7, 11) is 0. The maximum atomic E-state index is 13.1. The Labute approximate surface area is 190 Å². The Kier molecular flexibility index (Phi) is 6.89. The van der Waals surface area contributed by atoms with Gasteiger partial charge in [0.15, 0.2) is 0 Å². The van der Waals surface area contributed by atoms with Crippen molar-refractivity contribution in [1.29, 1.82) is 0 Å². The monoisotopic (exact) mass is 458 g/mol. The number of fused-ring (bicyclic) bond motifs is 1. The molecule has 1 unspecified atom stereocenters. The average molecular weight is 459 g/mol. The van der Waals surface area contributed by atoms with Gasteiger partial charge in [-0.1, -0.05) is 12.1 Å². The number of nitrogens with zero attached hydrogens (tertiary/aromatic N) is 1. The molecular weight excluding hydrogens is 431 g/mol. The van der Waals surface area contributed by atoms with Crippen LogP contribution in [0.5, 0.6) is 0 Å². The van der Waals surface area contributed by atoms with Crippen molar-refractivity contribution in [3.8, 4) is 0 Å². The lowest BCUT2D eigenvalue weighted by molar-refractivity contribution is -0.128. The fourth-order valence-corrected chi connectivity index (χ4v) is 5.65. The van der Waals surface area contributed by atoms with Gasteiger partial charge in [0.2, 0.25) is 11.8 Å². The molecule has 2 aliphatic rings. The number of thiophene rings is 1. The largest absolute Gasteiger partial charge is 0.462 e. The smallest absolute Gasteiger partial charge is 0.341 e. The number of carbonyl (C=O) groups is 3. The Balaban J connectivity index is 1.42. The zero-order valence-electron chi connectivity index (χ0n) is 18.1. The third-order valence-corrected chi connectivity index (χ3v) is 7.26. The lowest BCUT2D eigenvalue weighted by Crippen LogP contribution is -2.30. The zero-order valence-corrected chi connectivity index (χ0v) is 18.9. The second-order valence-corrected chi connectivity index (χ2v) is 9.35. The van der Waals surface area contributed by atoms with Crippen molar-refractivity contribution in [1.82, 2.24) is 4.90 Å². The molecule has 1 aromatic heterocycles. The van der Waals surface area contributed by atoms with Crippen LogP contribution in [0.1, 0.15) is 52.5 Å². The van der Waals surface area contributed by atoms with E-state index in [1.54, 1.807) is 24.0 Å². The molecule has 2 heterocycles. The molecule has 1 saturated heterocycles. The number of esters is 1. The van der Waals surface area contributed by atoms with E-state index in [2.05, 4.69) is 5.32 Å². The van der Waals surface area contributed by atoms with Gasteiger partial charge in [-0.3, -0.25) is 9.59 Å². The predicted molar refractivity (Wildman–Crippen MR) is 120 cm³/mol. The Morgan fingerprint density at radius 1 is 1.22 bits per heavy atom. The normalized spacial score (nSPS) is 17.9. The first-order chi connectivity index (χ1) is 15.5. The highest BCUT2D eigenvalue weighted by Gasteiger charge is 2.35. The summed E-state index contributed by atoms with van der Waals surface area (Å²) in [4.78, 5) is 40.8. The molecule has 0 spiro atoms. The molecule has 1 N–H and O–H groups in total. The highest BCUT2D eigenvalue weighted by Crippen LogP contribution is 2.39. The van der Waals surface area contributed by atoms with E-state index in [4.69, 9.17) is 4.74 Å². The van der Waals surface area contributed by atoms with Crippen LogP contribution in [0.15, 0.2) is 24.3 Å². The molecular formula is C24H27FN2O4S. The maximum absolute atomic E-state index is 13.1. The number of benzene rings is 1. The number of ether oxygens (including phenoxy) is 1. The number of rotatable bonds is 7. The molecule has 32 heavy (non-hydrogen) atoms. The molecule has 6 nitrogen and oxygen atoms in total. The van der Waals surface area contributed by atoms with Gasteiger partial charge in [0.05, 0.1) is 18.1 Å². The highest BCUT2D eigenvalue weighted by atomic mass is 32.1. The van der Waals surface area contributed by atoms with Gasteiger partial charge in [0.1, 0.15) is 10.8 Å². The summed E-state index contributed by atoms with van der Waals surface area (Å²) in [6.45, 7) is 2.86. The zero-order chi connectivity index (χ0) is 22.7. The van der Waals surface area contributed by atoms with Gasteiger partial charge in [0, 0.05) is 24.4 Å². The molecule has 0 bridgehead atoms. The molecule has 1 aromatic carbocycles. The first-order valence-electron chi connectivity index (χ1n) is 11.1. The van der Waals surface area contributed by atoms with E-state index in [-0.39, 0.29) is 30.7 Å². The van der Waals surface area contributed by atoms with Crippen LogP contribution >= 0.6 is 11.3 Å². The fraction of sp³-hybridized carbons (Fsp3) is 0.458. The lowest BCUT2D eigenvalue weighted by atomic mass is 9.95. The quantitative estimate of drug-likeness (QED) is 0.637. The van der Waals surface area contributed by atoms with Crippen LogP contribution in [0.2, 0.25) is 0 Å². The van der Waals surface area contributed by atoms with Gasteiger partial charge < -0.3 is 15.0 Å². The molecule has 0 radical (unpaired) electrons. The predicted octanol–water partition coefficient (Wildman–Crippen LogP) is 3.97. The summed E-state index contributed by atoms with van der Waals surface area (Å²) >= 11 is 1.45. The van der Waals surface area contributed by atoms with Crippen molar-refractivity contribution in [2.75, 3.05) is 25.0 Å². The summed E-state index contributed by atoms with van der Waals surface area (Å²) in [5.41, 5.74) is 2.42. The molecule has 1 aliphatic carbocycles. The number of carbonyl (C=O) groups excluding carboxylic acids is 3. The highest BCUT2D eigenvalue weighted by molar-refractivity contribution is 7.17. The number of hydrogen-bond acceptors (Lipinski definition) is 5. The van der Waals surface area contributed by atoms with Crippen LogP contribution in [0.3, 0.4) is 0 Å². The van der Waals surface area contributed by atoms with Crippen LogP contribution in [0.25, 0.3) is 0 Å². The number of likely N-dealkylation sites (tertiary alicyclic amines) is 1. The van der Waals surface area contributed by atoms with Crippen molar-refractivity contribution in [3.05, 3.63) is 51.7 Å². The van der Waals surface area contributed by atoms with E-state index in [1.165, 1.54) is 23.5 Å². The fourth-order valence-electron chi connectivity index (χ4n) is 4.37. The van der Waals surface area contributed by atoms with E-state index in [0.29, 0.717) is 30.1 Å². The van der Waals surface area contributed by atoms with Gasteiger partial charge >= 0.3 is 5.97 Å². The third-order valence-electron chi connectivity index (χ3n) is 6.06. The molecule has 4 rings (SSSR count). The van der Waals surface area contributed by atoms with E-state index >= 15 is 0 Å². The number of aryl methyl sites for hydroxylation is 1. The van der Waals surface area contributed by atoms with Crippen LogP contribution < -0.4 is 5.32 Å². The first kappa shape index (κ1) is 22.5. The van der Waals surface area contributed by atoms with Gasteiger partial charge in [-0.15, -0.1) is 11.3 Å². The second kappa shape index (κ2) is 9.81. The minimum Gasteiger partial charge on any atom is -0.462 e. The summed E-state index contributed by atoms with van der Waals surface area (Å²) < 4.78 is 18.3. The van der Waals surface area contributed by atoms with Crippen molar-refractivity contribution < 1.29 is 23.5 Å². The van der Waals surface area contributed by atoms with Gasteiger partial charge in [0.25, 0.3) is 0 Å². The lowest BCUT2D eigenvalue weighted by Gasteiger charge is -2.16. The maximum Gasteiger partial charge on any atom is 0.341 e. The average Bonchev–Trinajstić information content (AvgIpc) is 3.33. The van der Waals surface area contributed by atoms with Crippen LogP contribution in [0.4, 0.5) is 9.39 Å². The Hall–Kier alpha value is -2.74. The Morgan fingerprint density at radius 3 is 2.72 bits per heavy atom. The molecule has 8 heteroatoms. The second-order valence-electron chi connectivity index (χ2n) is 8.24. The molecule has 2 aromatic rings. The van der Waals surface area contributed by atoms with E-state index in [0.717, 1.165) is 41.7 Å². The number of anilines is 1. The van der Waals surface area contributed by atoms with Gasteiger partial charge in [-0.25, -0.2) is 9.18 Å². The van der Waals surface area contributed by atoms with Crippen LogP contribution in [0, 0.1) is 11.7 Å². The number of amides is 2. The molecule has 0 saturated carbocycles. The molecule has 170 valence electrons. The minimum absolute atomic E-state index is 0.0663. The van der Waals surface area contributed by atoms with E-state index < -0.39 is 11.9 Å². The van der Waals surface area contributed by atoms with E-state index in [9.17, 15) is 18.8 Å². The first-order valence-corrected chi connectivity index (χ1v) is 11.9. The minimum atomic E-state index is -0.468. The van der Waals surface area contributed by atoms with Crippen LogP contribution in [-0.4, -0.2) is 42.4 Å². The van der Waals surface area contributed by atoms with Crippen molar-refractivity contribution in [2.45, 2.75) is 45.4 Å². The summed E-state index contributed by atoms with van der Waals surface area (Å²) in [5, 5.41) is 3.47. The van der Waals surface area contributed by atoms with Crippen molar-refractivity contribution in [2.24, 2.45) is 5.92 Å². The summed E-state index contributed by atoms with van der Waals surface area (Å²) in [6, 6.07) is 6.21. The number of nitrogens with one attached hydrogen (secondary N) is 1. The van der Waals surface area contributed by atoms with E-state index in [1.807, 2.05) is 0 Å². The van der Waals surface area contributed by atoms with Gasteiger partial charge in [-0.2, -0.15) is 0 Å². The van der Waals surface area contributed by atoms with Crippen molar-refractivity contribution in [3.63, 3.8) is 0 Å².